The Morgan fingerprint density at radius 3 is 2.39 bits per heavy atom. The molecule has 1 aliphatic rings. The van der Waals surface area contributed by atoms with Crippen LogP contribution in [0.3, 0.4) is 0 Å². The Balaban J connectivity index is 1.70. The normalized spacial score (nSPS) is 20.6. The molecule has 2 aromatic rings. The van der Waals surface area contributed by atoms with Crippen molar-refractivity contribution in [3.63, 3.8) is 0 Å². The molecule has 3 rings (SSSR count). The van der Waals surface area contributed by atoms with Crippen LogP contribution >= 0.6 is 11.3 Å². The standard InChI is InChI=1S/C27H38N4O4S/c1-18(31(35)17-32)22(16-19-10-12-21(13-11-19)20-8-6-5-7-9-20)24(33)29-23(27(2,3)4)25(34)30-26-28-14-15-36-26/h5-9,14-15,17-19,21-23,35H,10-13,16H2,1-4H3,(H,29,33)(H,28,30,34)/t18-,19?,21?,22+,23+/m0/s1. The smallest absolute Gasteiger partial charge is 0.249 e. The number of carbonyl (C=O) groups excluding carboxylic acids is 3. The average Bonchev–Trinajstić information content (AvgIpc) is 3.38. The summed E-state index contributed by atoms with van der Waals surface area (Å²) in [5.41, 5.74) is 0.780. The van der Waals surface area contributed by atoms with Crippen molar-refractivity contribution in [2.45, 2.75) is 77.8 Å². The van der Waals surface area contributed by atoms with Gasteiger partial charge in [-0.25, -0.2) is 10.0 Å². The first-order chi connectivity index (χ1) is 17.1. The van der Waals surface area contributed by atoms with Gasteiger partial charge in [-0.15, -0.1) is 11.3 Å². The predicted octanol–water partition coefficient (Wildman–Crippen LogP) is 4.83. The number of carbonyl (C=O) groups is 3. The van der Waals surface area contributed by atoms with Gasteiger partial charge in [0.05, 0.1) is 12.0 Å². The Bertz CT molecular complexity index is 985. The second-order valence-corrected chi connectivity index (χ2v) is 11.7. The molecule has 9 heteroatoms. The first-order valence-electron chi connectivity index (χ1n) is 12.6. The first-order valence-corrected chi connectivity index (χ1v) is 13.5. The molecule has 3 N–H and O–H groups in total. The molecule has 3 atom stereocenters. The maximum atomic E-state index is 13.6. The highest BCUT2D eigenvalue weighted by Crippen LogP contribution is 2.39. The molecule has 3 amide bonds. The average molecular weight is 515 g/mol. The van der Waals surface area contributed by atoms with Gasteiger partial charge in [0.25, 0.3) is 0 Å². The number of amides is 3. The number of thiazole rings is 1. The molecule has 196 valence electrons. The van der Waals surface area contributed by atoms with Crippen LogP contribution in [0.2, 0.25) is 0 Å². The topological polar surface area (TPSA) is 112 Å². The SMILES string of the molecule is C[C@@H]([C@@H](CC1CCC(c2ccccc2)CC1)C(=O)N[C@H](C(=O)Nc1nccs1)C(C)(C)C)N(O)C=O. The highest BCUT2D eigenvalue weighted by atomic mass is 32.1. The molecule has 1 aromatic heterocycles. The van der Waals surface area contributed by atoms with Gasteiger partial charge in [-0.2, -0.15) is 0 Å². The van der Waals surface area contributed by atoms with Crippen molar-refractivity contribution in [3.8, 4) is 0 Å². The number of nitrogens with one attached hydrogen (secondary N) is 2. The zero-order valence-corrected chi connectivity index (χ0v) is 22.3. The van der Waals surface area contributed by atoms with Crippen molar-refractivity contribution >= 4 is 34.7 Å². The van der Waals surface area contributed by atoms with Crippen LogP contribution in [0.5, 0.6) is 0 Å². The number of hydrogen-bond acceptors (Lipinski definition) is 6. The summed E-state index contributed by atoms with van der Waals surface area (Å²) in [7, 11) is 0. The van der Waals surface area contributed by atoms with Gasteiger partial charge in [0.15, 0.2) is 5.13 Å². The van der Waals surface area contributed by atoms with E-state index in [1.54, 1.807) is 18.5 Å². The Labute approximate surface area is 217 Å². The van der Waals surface area contributed by atoms with Crippen molar-refractivity contribution in [2.24, 2.45) is 17.3 Å². The number of hydroxylamine groups is 2. The Morgan fingerprint density at radius 1 is 1.17 bits per heavy atom. The molecule has 1 aliphatic carbocycles. The minimum absolute atomic E-state index is 0.292. The lowest BCUT2D eigenvalue weighted by atomic mass is 9.74. The molecule has 36 heavy (non-hydrogen) atoms. The van der Waals surface area contributed by atoms with E-state index in [9.17, 15) is 19.6 Å². The van der Waals surface area contributed by atoms with Crippen molar-refractivity contribution in [2.75, 3.05) is 5.32 Å². The zero-order valence-electron chi connectivity index (χ0n) is 21.5. The lowest BCUT2D eigenvalue weighted by molar-refractivity contribution is -0.167. The van der Waals surface area contributed by atoms with E-state index in [2.05, 4.69) is 39.9 Å². The number of hydrogen-bond donors (Lipinski definition) is 3. The largest absolute Gasteiger partial charge is 0.343 e. The summed E-state index contributed by atoms with van der Waals surface area (Å²) < 4.78 is 0. The van der Waals surface area contributed by atoms with Crippen LogP contribution in [-0.4, -0.2) is 45.6 Å². The number of nitrogens with zero attached hydrogens (tertiary/aromatic N) is 2. The van der Waals surface area contributed by atoms with Gasteiger partial charge in [-0.05, 0) is 61.8 Å². The Hall–Kier alpha value is -2.78. The number of rotatable bonds is 10. The van der Waals surface area contributed by atoms with Crippen LogP contribution in [0, 0.1) is 17.3 Å². The van der Waals surface area contributed by atoms with E-state index in [0.29, 0.717) is 34.9 Å². The van der Waals surface area contributed by atoms with Gasteiger partial charge in [-0.3, -0.25) is 19.6 Å². The third-order valence-electron chi connectivity index (χ3n) is 7.23. The minimum atomic E-state index is -0.819. The van der Waals surface area contributed by atoms with Crippen LogP contribution in [-0.2, 0) is 14.4 Å². The summed E-state index contributed by atoms with van der Waals surface area (Å²) in [6.07, 6.45) is 6.47. The Kier molecular flexibility index (Phi) is 9.62. The molecule has 0 bridgehead atoms. The highest BCUT2D eigenvalue weighted by Gasteiger charge is 2.38. The van der Waals surface area contributed by atoms with Crippen LogP contribution in [0.4, 0.5) is 5.13 Å². The highest BCUT2D eigenvalue weighted by molar-refractivity contribution is 7.13. The van der Waals surface area contributed by atoms with E-state index in [0.717, 1.165) is 25.7 Å². The lowest BCUT2D eigenvalue weighted by Gasteiger charge is -2.36. The summed E-state index contributed by atoms with van der Waals surface area (Å²) in [5, 5.41) is 18.6. The van der Waals surface area contributed by atoms with Gasteiger partial charge in [-0.1, -0.05) is 51.1 Å². The molecule has 8 nitrogen and oxygen atoms in total. The second-order valence-electron chi connectivity index (χ2n) is 10.8. The summed E-state index contributed by atoms with van der Waals surface area (Å²) in [5.74, 6) is -0.549. The minimum Gasteiger partial charge on any atom is -0.343 e. The summed E-state index contributed by atoms with van der Waals surface area (Å²) >= 11 is 1.30. The van der Waals surface area contributed by atoms with Gasteiger partial charge < -0.3 is 10.6 Å². The molecular formula is C27H38N4O4S. The first kappa shape index (κ1) is 27.8. The maximum absolute atomic E-state index is 13.6. The molecule has 0 saturated heterocycles. The monoisotopic (exact) mass is 514 g/mol. The van der Waals surface area contributed by atoms with Crippen molar-refractivity contribution in [3.05, 3.63) is 47.5 Å². The lowest BCUT2D eigenvalue weighted by Crippen LogP contribution is -2.55. The van der Waals surface area contributed by atoms with Gasteiger partial charge in [0.2, 0.25) is 18.2 Å². The fraction of sp³-hybridized carbons (Fsp3) is 0.556. The van der Waals surface area contributed by atoms with Crippen molar-refractivity contribution in [1.82, 2.24) is 15.4 Å². The zero-order chi connectivity index (χ0) is 26.3. The maximum Gasteiger partial charge on any atom is 0.249 e. The fourth-order valence-electron chi connectivity index (χ4n) is 5.01. The number of benzene rings is 1. The summed E-state index contributed by atoms with van der Waals surface area (Å²) in [6.45, 7) is 7.31. The molecule has 1 saturated carbocycles. The van der Waals surface area contributed by atoms with Crippen molar-refractivity contribution in [1.29, 1.82) is 0 Å². The van der Waals surface area contributed by atoms with E-state index in [1.165, 1.54) is 16.9 Å². The van der Waals surface area contributed by atoms with Gasteiger partial charge in [0.1, 0.15) is 6.04 Å². The number of aromatic nitrogens is 1. The molecule has 1 aromatic carbocycles. The van der Waals surface area contributed by atoms with E-state index in [4.69, 9.17) is 0 Å². The van der Waals surface area contributed by atoms with Gasteiger partial charge in [0, 0.05) is 11.6 Å². The third kappa shape index (κ3) is 7.36. The summed E-state index contributed by atoms with van der Waals surface area (Å²) in [4.78, 5) is 42.0. The fourth-order valence-corrected chi connectivity index (χ4v) is 5.54. The van der Waals surface area contributed by atoms with Crippen molar-refractivity contribution < 1.29 is 19.6 Å². The summed E-state index contributed by atoms with van der Waals surface area (Å²) in [6, 6.07) is 8.94. The van der Waals surface area contributed by atoms with Crippen LogP contribution in [0.25, 0.3) is 0 Å². The third-order valence-corrected chi connectivity index (χ3v) is 7.92. The van der Waals surface area contributed by atoms with E-state index in [-0.39, 0.29) is 11.8 Å². The molecular weight excluding hydrogens is 476 g/mol. The van der Waals surface area contributed by atoms with Crippen LogP contribution in [0.1, 0.15) is 71.3 Å². The van der Waals surface area contributed by atoms with E-state index in [1.807, 2.05) is 26.8 Å². The van der Waals surface area contributed by atoms with Crippen LogP contribution < -0.4 is 10.6 Å². The number of anilines is 1. The second kappa shape index (κ2) is 12.5. The molecule has 0 aliphatic heterocycles. The molecule has 1 heterocycles. The van der Waals surface area contributed by atoms with Crippen LogP contribution in [0.15, 0.2) is 41.9 Å². The molecule has 0 unspecified atom stereocenters. The Morgan fingerprint density at radius 2 is 1.83 bits per heavy atom. The van der Waals surface area contributed by atoms with E-state index < -0.39 is 23.4 Å². The van der Waals surface area contributed by atoms with E-state index >= 15 is 0 Å². The van der Waals surface area contributed by atoms with Gasteiger partial charge >= 0.3 is 0 Å². The quantitative estimate of drug-likeness (QED) is 0.239. The molecule has 0 radical (unpaired) electrons. The predicted molar refractivity (Wildman–Crippen MR) is 141 cm³/mol. The molecule has 0 spiro atoms. The molecule has 1 fully saturated rings.